The maximum absolute atomic E-state index is 2.55. The first-order chi connectivity index (χ1) is 23.6. The monoisotopic (exact) mass is 649 g/mol. The first-order valence-electron chi connectivity index (χ1n) is 17.5. The van der Waals surface area contributed by atoms with Crippen molar-refractivity contribution in [2.24, 2.45) is 0 Å². The fraction of sp³-hybridized carbons (Fsp3) is 0.174. The molecule has 2 aliphatic heterocycles. The average Bonchev–Trinajstić information content (AvgIpc) is 3.50. The minimum absolute atomic E-state index is 0.0288. The number of fused-ring (bicyclic) bond motifs is 4. The summed E-state index contributed by atoms with van der Waals surface area (Å²) >= 11 is 1.99. The molecule has 0 atom stereocenters. The van der Waals surface area contributed by atoms with Gasteiger partial charge in [-0.05, 0) is 101 Å². The SMILES string of the molecule is CC(C)(C)c1ccc(N2c3ccc(C(C)(C)C)cc3B3c4c(cc(-c5ccccc5)cc42)-c2cccc4c(-c5ccccc5)sc3c24)cc1. The Labute approximate surface area is 295 Å². The molecule has 0 bridgehead atoms. The molecule has 49 heavy (non-hydrogen) atoms. The van der Waals surface area contributed by atoms with Gasteiger partial charge in [0, 0.05) is 27.3 Å². The molecule has 0 aliphatic carbocycles. The van der Waals surface area contributed by atoms with Crippen LogP contribution >= 0.6 is 11.3 Å². The van der Waals surface area contributed by atoms with Crippen LogP contribution < -0.4 is 20.6 Å². The molecule has 3 heteroatoms. The summed E-state index contributed by atoms with van der Waals surface area (Å²) < 4.78 is 1.46. The van der Waals surface area contributed by atoms with Crippen molar-refractivity contribution in [3.05, 3.63) is 145 Å². The molecule has 6 aromatic carbocycles. The second kappa shape index (κ2) is 10.8. The second-order valence-corrected chi connectivity index (χ2v) is 16.9. The van der Waals surface area contributed by atoms with E-state index in [-0.39, 0.29) is 17.5 Å². The zero-order valence-electron chi connectivity index (χ0n) is 29.1. The third kappa shape index (κ3) is 4.74. The molecular weight excluding hydrogens is 609 g/mol. The zero-order chi connectivity index (χ0) is 33.7. The van der Waals surface area contributed by atoms with Gasteiger partial charge >= 0.3 is 0 Å². The van der Waals surface area contributed by atoms with Crippen molar-refractivity contribution in [3.63, 3.8) is 0 Å². The Morgan fingerprint density at radius 1 is 0.531 bits per heavy atom. The Morgan fingerprint density at radius 3 is 1.86 bits per heavy atom. The molecule has 2 aliphatic rings. The van der Waals surface area contributed by atoms with E-state index in [1.165, 1.54) is 87.4 Å². The highest BCUT2D eigenvalue weighted by molar-refractivity contribution is 7.32. The zero-order valence-corrected chi connectivity index (χ0v) is 30.0. The molecule has 0 N–H and O–H groups in total. The molecule has 0 amide bonds. The van der Waals surface area contributed by atoms with Gasteiger partial charge in [0.2, 0.25) is 0 Å². The standard InChI is InChI=1S/C46H40BNS/c1-45(2,3)32-20-23-34(24-21-32)48-39-25-22-33(46(4,5)6)28-38(39)47-42-37(26-31(27-40(42)48)29-14-9-7-10-15-29)35-18-13-19-36-41(35)44(47)49-43(36)30-16-11-8-12-17-30/h7-28H,1-6H3. The summed E-state index contributed by atoms with van der Waals surface area (Å²) in [5, 5.41) is 2.77. The predicted octanol–water partition coefficient (Wildman–Crippen LogP) is 11.1. The summed E-state index contributed by atoms with van der Waals surface area (Å²) in [6, 6.07) is 50.3. The van der Waals surface area contributed by atoms with Crippen LogP contribution in [0.1, 0.15) is 52.7 Å². The van der Waals surface area contributed by atoms with Crippen molar-refractivity contribution in [2.75, 3.05) is 4.90 Å². The van der Waals surface area contributed by atoms with Gasteiger partial charge in [-0.15, -0.1) is 11.3 Å². The summed E-state index contributed by atoms with van der Waals surface area (Å²) in [6.45, 7) is 14.0. The third-order valence-corrected chi connectivity index (χ3v) is 11.9. The van der Waals surface area contributed by atoms with E-state index in [4.69, 9.17) is 0 Å². The number of anilines is 3. The molecule has 0 saturated carbocycles. The van der Waals surface area contributed by atoms with Gasteiger partial charge in [-0.25, -0.2) is 0 Å². The molecule has 0 fully saturated rings. The summed E-state index contributed by atoms with van der Waals surface area (Å²) in [7, 11) is 0. The van der Waals surface area contributed by atoms with Crippen molar-refractivity contribution in [1.82, 2.24) is 0 Å². The Morgan fingerprint density at radius 2 is 1.18 bits per heavy atom. The molecule has 1 nitrogen and oxygen atoms in total. The van der Waals surface area contributed by atoms with E-state index in [1.807, 2.05) is 11.3 Å². The fourth-order valence-electron chi connectivity index (χ4n) is 8.00. The van der Waals surface area contributed by atoms with Crippen LogP contribution in [0.2, 0.25) is 0 Å². The lowest BCUT2D eigenvalue weighted by Gasteiger charge is -2.40. The van der Waals surface area contributed by atoms with Crippen LogP contribution in [-0.2, 0) is 10.8 Å². The van der Waals surface area contributed by atoms with Gasteiger partial charge in [0.15, 0.2) is 0 Å². The molecule has 9 rings (SSSR count). The highest BCUT2D eigenvalue weighted by Crippen LogP contribution is 2.47. The molecule has 0 radical (unpaired) electrons. The second-order valence-electron chi connectivity index (χ2n) is 15.8. The van der Waals surface area contributed by atoms with Gasteiger partial charge < -0.3 is 4.90 Å². The Kier molecular flexibility index (Phi) is 6.68. The summed E-state index contributed by atoms with van der Waals surface area (Å²) in [5.74, 6) is 0. The van der Waals surface area contributed by atoms with Crippen LogP contribution in [0.25, 0.3) is 43.5 Å². The highest BCUT2D eigenvalue weighted by Gasteiger charge is 2.43. The van der Waals surface area contributed by atoms with Crippen LogP contribution in [0.15, 0.2) is 133 Å². The highest BCUT2D eigenvalue weighted by atomic mass is 32.1. The minimum Gasteiger partial charge on any atom is -0.311 e. The molecule has 1 aromatic heterocycles. The Balaban J connectivity index is 1.40. The van der Waals surface area contributed by atoms with Gasteiger partial charge in [-0.1, -0.05) is 145 Å². The van der Waals surface area contributed by atoms with E-state index in [0.717, 1.165) is 0 Å². The molecule has 3 heterocycles. The number of rotatable bonds is 3. The van der Waals surface area contributed by atoms with Crippen LogP contribution in [0, 0.1) is 0 Å². The average molecular weight is 650 g/mol. The van der Waals surface area contributed by atoms with Crippen LogP contribution in [0.3, 0.4) is 0 Å². The van der Waals surface area contributed by atoms with Crippen molar-refractivity contribution < 1.29 is 0 Å². The van der Waals surface area contributed by atoms with E-state index in [1.54, 1.807) is 0 Å². The summed E-state index contributed by atoms with van der Waals surface area (Å²) in [4.78, 5) is 3.91. The molecule has 0 unspecified atom stereocenters. The number of nitrogens with zero attached hydrogens (tertiary/aromatic N) is 1. The number of hydrogen-bond donors (Lipinski definition) is 0. The quantitative estimate of drug-likeness (QED) is 0.172. The molecule has 0 saturated heterocycles. The number of benzene rings is 6. The lowest BCUT2D eigenvalue weighted by Crippen LogP contribution is -2.58. The van der Waals surface area contributed by atoms with Crippen molar-refractivity contribution in [2.45, 2.75) is 52.4 Å². The van der Waals surface area contributed by atoms with Crippen molar-refractivity contribution in [1.29, 1.82) is 0 Å². The maximum Gasteiger partial charge on any atom is 0.260 e. The van der Waals surface area contributed by atoms with E-state index in [9.17, 15) is 0 Å². The van der Waals surface area contributed by atoms with Crippen LogP contribution in [0.4, 0.5) is 17.1 Å². The molecule has 238 valence electrons. The molecular formula is C46H40BNS. The largest absolute Gasteiger partial charge is 0.311 e. The van der Waals surface area contributed by atoms with Crippen molar-refractivity contribution in [3.8, 4) is 32.7 Å². The van der Waals surface area contributed by atoms with E-state index < -0.39 is 0 Å². The molecule has 0 spiro atoms. The normalized spacial score (nSPS) is 13.4. The van der Waals surface area contributed by atoms with Crippen molar-refractivity contribution >= 4 is 61.6 Å². The van der Waals surface area contributed by atoms with E-state index >= 15 is 0 Å². The summed E-state index contributed by atoms with van der Waals surface area (Å²) in [5.41, 5.74) is 15.9. The van der Waals surface area contributed by atoms with Gasteiger partial charge in [0.05, 0.1) is 0 Å². The smallest absolute Gasteiger partial charge is 0.260 e. The van der Waals surface area contributed by atoms with Crippen LogP contribution in [-0.4, -0.2) is 6.71 Å². The Bertz CT molecular complexity index is 2390. The third-order valence-electron chi connectivity index (χ3n) is 10.6. The number of thiophene rings is 1. The predicted molar refractivity (Wildman–Crippen MR) is 215 cm³/mol. The van der Waals surface area contributed by atoms with Gasteiger partial charge in [0.25, 0.3) is 6.71 Å². The van der Waals surface area contributed by atoms with E-state index in [2.05, 4.69) is 180 Å². The fourth-order valence-corrected chi connectivity index (χ4v) is 9.44. The van der Waals surface area contributed by atoms with E-state index in [0.29, 0.717) is 0 Å². The lowest BCUT2D eigenvalue weighted by atomic mass is 9.34. The molecule has 7 aromatic rings. The van der Waals surface area contributed by atoms with Crippen LogP contribution in [0.5, 0.6) is 0 Å². The van der Waals surface area contributed by atoms with Gasteiger partial charge in [-0.3, -0.25) is 0 Å². The first kappa shape index (κ1) is 30.2. The maximum atomic E-state index is 2.55. The summed E-state index contributed by atoms with van der Waals surface area (Å²) in [6.07, 6.45) is 0. The minimum atomic E-state index is 0.0288. The Hall–Kier alpha value is -4.86. The van der Waals surface area contributed by atoms with Gasteiger partial charge in [0.1, 0.15) is 0 Å². The topological polar surface area (TPSA) is 3.24 Å². The first-order valence-corrected chi connectivity index (χ1v) is 18.3. The van der Waals surface area contributed by atoms with Gasteiger partial charge in [-0.2, -0.15) is 0 Å². The lowest BCUT2D eigenvalue weighted by molar-refractivity contribution is 0.590. The number of hydrogen-bond acceptors (Lipinski definition) is 2.